The molecular formula is C15H23NO. The Kier molecular flexibility index (Phi) is 6.60. The molecule has 94 valence electrons. The minimum Gasteiger partial charge on any atom is -0.395 e. The summed E-state index contributed by atoms with van der Waals surface area (Å²) in [5.41, 5.74) is 1.26. The third-order valence-electron chi connectivity index (χ3n) is 2.87. The van der Waals surface area contributed by atoms with E-state index in [9.17, 15) is 5.11 Å². The zero-order valence-corrected chi connectivity index (χ0v) is 10.6. The number of hydrogen-bond acceptors (Lipinski definition) is 2. The first kappa shape index (κ1) is 13.9. The maximum atomic E-state index is 9.38. The molecular weight excluding hydrogens is 210 g/mol. The summed E-state index contributed by atoms with van der Waals surface area (Å²) in [6, 6.07) is 10.8. The summed E-state index contributed by atoms with van der Waals surface area (Å²) in [4.78, 5) is 0. The van der Waals surface area contributed by atoms with E-state index in [4.69, 9.17) is 0 Å². The van der Waals surface area contributed by atoms with Crippen LogP contribution >= 0.6 is 0 Å². The molecule has 17 heavy (non-hydrogen) atoms. The highest BCUT2D eigenvalue weighted by molar-refractivity contribution is 5.15. The Labute approximate surface area is 104 Å². The van der Waals surface area contributed by atoms with Gasteiger partial charge in [0.1, 0.15) is 0 Å². The summed E-state index contributed by atoms with van der Waals surface area (Å²) in [7, 11) is 0. The average molecular weight is 233 g/mol. The van der Waals surface area contributed by atoms with Crippen molar-refractivity contribution >= 4 is 0 Å². The molecule has 0 fully saturated rings. The van der Waals surface area contributed by atoms with E-state index in [0.717, 1.165) is 19.3 Å². The maximum Gasteiger partial charge on any atom is 0.0587 e. The minimum absolute atomic E-state index is 0.136. The Balaban J connectivity index is 2.40. The van der Waals surface area contributed by atoms with Gasteiger partial charge in [0.2, 0.25) is 0 Å². The summed E-state index contributed by atoms with van der Waals surface area (Å²) in [6.07, 6.45) is 4.88. The van der Waals surface area contributed by atoms with Gasteiger partial charge in [-0.05, 0) is 31.7 Å². The molecule has 2 unspecified atom stereocenters. The van der Waals surface area contributed by atoms with Gasteiger partial charge in [0, 0.05) is 12.1 Å². The molecule has 1 aromatic carbocycles. The number of benzene rings is 1. The number of hydrogen-bond donors (Lipinski definition) is 2. The van der Waals surface area contributed by atoms with Gasteiger partial charge in [0.25, 0.3) is 0 Å². The van der Waals surface area contributed by atoms with E-state index in [1.165, 1.54) is 5.56 Å². The van der Waals surface area contributed by atoms with Crippen molar-refractivity contribution in [2.24, 2.45) is 0 Å². The molecule has 0 saturated carbocycles. The van der Waals surface area contributed by atoms with Crippen LogP contribution in [0.3, 0.4) is 0 Å². The second-order valence-corrected chi connectivity index (χ2v) is 4.50. The molecule has 0 aliphatic heterocycles. The van der Waals surface area contributed by atoms with E-state index >= 15 is 0 Å². The van der Waals surface area contributed by atoms with E-state index < -0.39 is 0 Å². The lowest BCUT2D eigenvalue weighted by atomic mass is 10.0. The summed E-state index contributed by atoms with van der Waals surface area (Å²) in [5, 5.41) is 12.8. The first-order valence-electron chi connectivity index (χ1n) is 6.28. The first-order chi connectivity index (χ1) is 8.26. The van der Waals surface area contributed by atoms with Crippen LogP contribution in [0.2, 0.25) is 0 Å². The lowest BCUT2D eigenvalue weighted by Gasteiger charge is -2.21. The zero-order valence-electron chi connectivity index (χ0n) is 10.6. The van der Waals surface area contributed by atoms with Gasteiger partial charge < -0.3 is 10.4 Å². The highest BCUT2D eigenvalue weighted by atomic mass is 16.3. The Hall–Kier alpha value is -1.12. The van der Waals surface area contributed by atoms with Gasteiger partial charge in [0.05, 0.1) is 6.61 Å². The van der Waals surface area contributed by atoms with Crippen LogP contribution in [-0.2, 0) is 6.42 Å². The summed E-state index contributed by atoms with van der Waals surface area (Å²) < 4.78 is 0. The van der Waals surface area contributed by atoms with Gasteiger partial charge in [0.15, 0.2) is 0 Å². The van der Waals surface area contributed by atoms with Crippen molar-refractivity contribution in [1.29, 1.82) is 0 Å². The largest absolute Gasteiger partial charge is 0.395 e. The highest BCUT2D eigenvalue weighted by Gasteiger charge is 2.11. The molecule has 0 amide bonds. The van der Waals surface area contributed by atoms with E-state index in [-0.39, 0.29) is 12.6 Å². The lowest BCUT2D eigenvalue weighted by Crippen LogP contribution is -2.40. The molecule has 2 N–H and O–H groups in total. The van der Waals surface area contributed by atoms with Crippen molar-refractivity contribution in [2.75, 3.05) is 6.61 Å². The smallest absolute Gasteiger partial charge is 0.0587 e. The second-order valence-electron chi connectivity index (χ2n) is 4.50. The van der Waals surface area contributed by atoms with Crippen molar-refractivity contribution < 1.29 is 5.11 Å². The molecule has 0 aliphatic carbocycles. The van der Waals surface area contributed by atoms with Crippen LogP contribution < -0.4 is 5.32 Å². The maximum absolute atomic E-state index is 9.38. The minimum atomic E-state index is 0.136. The topological polar surface area (TPSA) is 32.3 Å². The molecule has 0 aromatic heterocycles. The van der Waals surface area contributed by atoms with Crippen LogP contribution in [0.5, 0.6) is 0 Å². The molecule has 0 heterocycles. The fraction of sp³-hybridized carbons (Fsp3) is 0.467. The third-order valence-corrected chi connectivity index (χ3v) is 2.87. The van der Waals surface area contributed by atoms with Gasteiger partial charge in [-0.25, -0.2) is 0 Å². The number of aliphatic hydroxyl groups is 1. The molecule has 0 radical (unpaired) electrons. The average Bonchev–Trinajstić information content (AvgIpc) is 2.36. The van der Waals surface area contributed by atoms with Crippen LogP contribution in [0, 0.1) is 0 Å². The van der Waals surface area contributed by atoms with Gasteiger partial charge >= 0.3 is 0 Å². The van der Waals surface area contributed by atoms with Crippen LogP contribution in [0.15, 0.2) is 43.0 Å². The number of nitrogens with one attached hydrogen (secondary N) is 1. The molecule has 2 atom stereocenters. The lowest BCUT2D eigenvalue weighted by molar-refractivity contribution is 0.230. The van der Waals surface area contributed by atoms with Gasteiger partial charge in [-0.3, -0.25) is 0 Å². The Bertz CT molecular complexity index is 310. The first-order valence-corrected chi connectivity index (χ1v) is 6.28. The Morgan fingerprint density at radius 3 is 2.65 bits per heavy atom. The molecule has 1 rings (SSSR count). The van der Waals surface area contributed by atoms with E-state index in [1.807, 2.05) is 24.3 Å². The molecule has 0 spiro atoms. The SMILES string of the molecule is C=CCCC(C)NC(CO)Cc1ccccc1. The summed E-state index contributed by atoms with van der Waals surface area (Å²) >= 11 is 0. The van der Waals surface area contributed by atoms with Crippen LogP contribution in [0.4, 0.5) is 0 Å². The molecule has 2 nitrogen and oxygen atoms in total. The van der Waals surface area contributed by atoms with Crippen LogP contribution in [-0.4, -0.2) is 23.8 Å². The third kappa shape index (κ3) is 5.66. The van der Waals surface area contributed by atoms with Crippen molar-refractivity contribution in [3.63, 3.8) is 0 Å². The second kappa shape index (κ2) is 8.04. The number of aliphatic hydroxyl groups excluding tert-OH is 1. The van der Waals surface area contributed by atoms with E-state index in [0.29, 0.717) is 6.04 Å². The summed E-state index contributed by atoms with van der Waals surface area (Å²) in [6.45, 7) is 6.05. The fourth-order valence-electron chi connectivity index (χ4n) is 1.93. The number of allylic oxidation sites excluding steroid dienone is 1. The standard InChI is InChI=1S/C15H23NO/c1-3-4-8-13(2)16-15(12-17)11-14-9-6-5-7-10-14/h3,5-7,9-10,13,15-17H,1,4,8,11-12H2,2H3. The monoisotopic (exact) mass is 233 g/mol. The Morgan fingerprint density at radius 2 is 2.06 bits per heavy atom. The van der Waals surface area contributed by atoms with Crippen LogP contribution in [0.25, 0.3) is 0 Å². The van der Waals surface area contributed by atoms with Crippen molar-refractivity contribution in [3.05, 3.63) is 48.6 Å². The molecule has 2 heteroatoms. The molecule has 0 bridgehead atoms. The van der Waals surface area contributed by atoms with Gasteiger partial charge in [-0.15, -0.1) is 6.58 Å². The van der Waals surface area contributed by atoms with Crippen molar-refractivity contribution in [3.8, 4) is 0 Å². The molecule has 0 aliphatic rings. The Morgan fingerprint density at radius 1 is 1.35 bits per heavy atom. The van der Waals surface area contributed by atoms with Crippen molar-refractivity contribution in [2.45, 2.75) is 38.3 Å². The molecule has 1 aromatic rings. The predicted molar refractivity (Wildman–Crippen MR) is 73.0 cm³/mol. The van der Waals surface area contributed by atoms with Crippen molar-refractivity contribution in [1.82, 2.24) is 5.32 Å². The summed E-state index contributed by atoms with van der Waals surface area (Å²) in [5.74, 6) is 0. The van der Waals surface area contributed by atoms with E-state index in [2.05, 4.69) is 31.0 Å². The van der Waals surface area contributed by atoms with E-state index in [1.54, 1.807) is 0 Å². The highest BCUT2D eigenvalue weighted by Crippen LogP contribution is 2.05. The van der Waals surface area contributed by atoms with Gasteiger partial charge in [-0.1, -0.05) is 36.4 Å². The number of rotatable bonds is 8. The quantitative estimate of drug-likeness (QED) is 0.676. The predicted octanol–water partition coefficient (Wildman–Crippen LogP) is 2.53. The fourth-order valence-corrected chi connectivity index (χ4v) is 1.93. The van der Waals surface area contributed by atoms with Gasteiger partial charge in [-0.2, -0.15) is 0 Å². The molecule has 0 saturated heterocycles. The normalized spacial score (nSPS) is 14.2. The zero-order chi connectivity index (χ0) is 12.5. The van der Waals surface area contributed by atoms with Crippen LogP contribution in [0.1, 0.15) is 25.3 Å².